The lowest BCUT2D eigenvalue weighted by Crippen LogP contribution is -2.29. The lowest BCUT2D eigenvalue weighted by molar-refractivity contribution is 0.0953. The fourth-order valence-corrected chi connectivity index (χ4v) is 3.75. The number of carbonyl (C=O) groups is 1. The largest absolute Gasteiger partial charge is 0.375 e. The fourth-order valence-electron chi connectivity index (χ4n) is 3.15. The van der Waals surface area contributed by atoms with Gasteiger partial charge in [-0.1, -0.05) is 18.6 Å². The molecule has 1 saturated heterocycles. The van der Waals surface area contributed by atoms with Crippen molar-refractivity contribution in [3.05, 3.63) is 46.5 Å². The second kappa shape index (κ2) is 8.97. The zero-order valence-electron chi connectivity index (χ0n) is 14.5. The van der Waals surface area contributed by atoms with Crippen molar-refractivity contribution in [2.24, 2.45) is 0 Å². The summed E-state index contributed by atoms with van der Waals surface area (Å²) in [6.45, 7) is 4.00. The number of hydrogen-bond donors (Lipinski definition) is 2. The summed E-state index contributed by atoms with van der Waals surface area (Å²) < 4.78 is 0. The zero-order valence-corrected chi connectivity index (χ0v) is 15.4. The van der Waals surface area contributed by atoms with Crippen LogP contribution in [-0.4, -0.2) is 35.4 Å². The Morgan fingerprint density at radius 2 is 1.96 bits per heavy atom. The zero-order chi connectivity index (χ0) is 17.5. The van der Waals surface area contributed by atoms with Crippen LogP contribution in [0.3, 0.4) is 0 Å². The third-order valence-electron chi connectivity index (χ3n) is 4.54. The lowest BCUT2D eigenvalue weighted by atomic mass is 10.1. The molecule has 1 aromatic carbocycles. The number of nitrogens with two attached hydrogens (primary N) is 1. The average Bonchev–Trinajstić information content (AvgIpc) is 3.05. The molecular formula is C19H26N4OS. The minimum atomic E-state index is -0.0117. The maximum absolute atomic E-state index is 12.2. The molecule has 2 aromatic rings. The fraction of sp³-hybridized carbons (Fsp3) is 0.474. The summed E-state index contributed by atoms with van der Waals surface area (Å²) in [6, 6.07) is 7.99. The smallest absolute Gasteiger partial charge is 0.251 e. The number of aromatic nitrogens is 1. The maximum atomic E-state index is 12.2. The van der Waals surface area contributed by atoms with Gasteiger partial charge in [0.15, 0.2) is 5.13 Å². The first-order valence-electron chi connectivity index (χ1n) is 9.00. The summed E-state index contributed by atoms with van der Waals surface area (Å²) in [5, 5.41) is 5.54. The molecule has 1 aromatic heterocycles. The van der Waals surface area contributed by atoms with Crippen molar-refractivity contribution in [3.63, 3.8) is 0 Å². The molecule has 25 heavy (non-hydrogen) atoms. The Kier molecular flexibility index (Phi) is 6.42. The summed E-state index contributed by atoms with van der Waals surface area (Å²) in [4.78, 5) is 18.9. The highest BCUT2D eigenvalue weighted by atomic mass is 32.1. The summed E-state index contributed by atoms with van der Waals surface area (Å²) in [5.74, 6) is -0.0117. The molecule has 1 fully saturated rings. The molecule has 1 aliphatic heterocycles. The number of nitrogen functional groups attached to an aromatic ring is 1. The number of nitrogens with zero attached hydrogens (tertiary/aromatic N) is 2. The van der Waals surface area contributed by atoms with Crippen molar-refractivity contribution < 1.29 is 4.79 Å². The molecule has 3 N–H and O–H groups in total. The van der Waals surface area contributed by atoms with E-state index >= 15 is 0 Å². The molecule has 2 heterocycles. The van der Waals surface area contributed by atoms with Crippen LogP contribution in [0.2, 0.25) is 0 Å². The van der Waals surface area contributed by atoms with E-state index < -0.39 is 0 Å². The Hall–Kier alpha value is -1.92. The van der Waals surface area contributed by atoms with Gasteiger partial charge in [-0.15, -0.1) is 11.3 Å². The van der Waals surface area contributed by atoms with Gasteiger partial charge in [-0.25, -0.2) is 4.98 Å². The summed E-state index contributed by atoms with van der Waals surface area (Å²) in [5.41, 5.74) is 8.61. The van der Waals surface area contributed by atoms with Gasteiger partial charge in [0.25, 0.3) is 5.91 Å². The van der Waals surface area contributed by atoms with Crippen molar-refractivity contribution in [2.75, 3.05) is 25.4 Å². The highest BCUT2D eigenvalue weighted by Gasteiger charge is 2.11. The Balaban J connectivity index is 1.40. The number of likely N-dealkylation sites (tertiary alicyclic amines) is 1. The molecular weight excluding hydrogens is 332 g/mol. The van der Waals surface area contributed by atoms with Crippen molar-refractivity contribution in [1.82, 2.24) is 15.2 Å². The van der Waals surface area contributed by atoms with E-state index in [-0.39, 0.29) is 5.91 Å². The molecule has 0 bridgehead atoms. The Morgan fingerprint density at radius 1 is 1.20 bits per heavy atom. The molecule has 0 aliphatic carbocycles. The van der Waals surface area contributed by atoms with E-state index in [1.54, 1.807) is 0 Å². The normalized spacial score (nSPS) is 15.2. The number of hydrogen-bond acceptors (Lipinski definition) is 5. The molecule has 1 aliphatic rings. The van der Waals surface area contributed by atoms with Crippen molar-refractivity contribution in [2.45, 2.75) is 38.6 Å². The van der Waals surface area contributed by atoms with E-state index in [0.29, 0.717) is 11.7 Å². The topological polar surface area (TPSA) is 71.2 Å². The second-order valence-electron chi connectivity index (χ2n) is 6.57. The summed E-state index contributed by atoms with van der Waals surface area (Å²) >= 11 is 1.46. The van der Waals surface area contributed by atoms with Crippen LogP contribution in [0.15, 0.2) is 29.6 Å². The van der Waals surface area contributed by atoms with E-state index in [0.717, 1.165) is 30.6 Å². The predicted molar refractivity (Wildman–Crippen MR) is 103 cm³/mol. The molecule has 6 heteroatoms. The summed E-state index contributed by atoms with van der Waals surface area (Å²) in [6.07, 6.45) is 5.65. The molecule has 0 saturated carbocycles. The van der Waals surface area contributed by atoms with Crippen LogP contribution in [0, 0.1) is 0 Å². The van der Waals surface area contributed by atoms with Gasteiger partial charge < -0.3 is 11.1 Å². The van der Waals surface area contributed by atoms with Crippen molar-refractivity contribution in [3.8, 4) is 0 Å². The number of piperidine rings is 1. The van der Waals surface area contributed by atoms with Gasteiger partial charge in [0.05, 0.1) is 5.69 Å². The van der Waals surface area contributed by atoms with Crippen LogP contribution in [0.5, 0.6) is 0 Å². The van der Waals surface area contributed by atoms with Crippen LogP contribution in [0.1, 0.15) is 47.3 Å². The standard InChI is InChI=1S/C19H26N4OS/c20-19-22-17(14-25-19)5-4-10-21-18(24)16-8-6-15(7-9-16)13-23-11-2-1-3-12-23/h6-9,14H,1-5,10-13H2,(H2,20,22)(H,21,24). The van der Waals surface area contributed by atoms with Crippen LogP contribution < -0.4 is 11.1 Å². The molecule has 0 spiro atoms. The van der Waals surface area contributed by atoms with E-state index in [1.165, 1.54) is 49.3 Å². The lowest BCUT2D eigenvalue weighted by Gasteiger charge is -2.26. The summed E-state index contributed by atoms with van der Waals surface area (Å²) in [7, 11) is 0. The van der Waals surface area contributed by atoms with Gasteiger partial charge >= 0.3 is 0 Å². The minimum absolute atomic E-state index is 0.0117. The van der Waals surface area contributed by atoms with Gasteiger partial charge in [0.1, 0.15) is 0 Å². The van der Waals surface area contributed by atoms with Crippen LogP contribution in [0.25, 0.3) is 0 Å². The Bertz CT molecular complexity index is 677. The SMILES string of the molecule is Nc1nc(CCCNC(=O)c2ccc(CN3CCCCC3)cc2)cs1. The van der Waals surface area contributed by atoms with Gasteiger partial charge in [0, 0.05) is 24.0 Å². The molecule has 3 rings (SSSR count). The number of aryl methyl sites for hydroxylation is 1. The van der Waals surface area contributed by atoms with E-state index in [1.807, 2.05) is 17.5 Å². The first-order valence-corrected chi connectivity index (χ1v) is 9.88. The number of amides is 1. The number of thiazole rings is 1. The van der Waals surface area contributed by atoms with Crippen molar-refractivity contribution >= 4 is 22.4 Å². The number of benzene rings is 1. The Morgan fingerprint density at radius 3 is 2.64 bits per heavy atom. The highest BCUT2D eigenvalue weighted by Crippen LogP contribution is 2.14. The van der Waals surface area contributed by atoms with Gasteiger partial charge in [0.2, 0.25) is 0 Å². The first kappa shape index (κ1) is 17.9. The second-order valence-corrected chi connectivity index (χ2v) is 7.46. The van der Waals surface area contributed by atoms with Gasteiger partial charge in [-0.05, 0) is 56.5 Å². The third kappa shape index (κ3) is 5.54. The molecule has 5 nitrogen and oxygen atoms in total. The Labute approximate surface area is 153 Å². The molecule has 0 unspecified atom stereocenters. The average molecular weight is 359 g/mol. The highest BCUT2D eigenvalue weighted by molar-refractivity contribution is 7.13. The van der Waals surface area contributed by atoms with Crippen LogP contribution in [-0.2, 0) is 13.0 Å². The monoisotopic (exact) mass is 358 g/mol. The molecule has 1 amide bonds. The van der Waals surface area contributed by atoms with Gasteiger partial charge in [-0.3, -0.25) is 9.69 Å². The molecule has 0 radical (unpaired) electrons. The quantitative estimate of drug-likeness (QED) is 0.746. The predicted octanol–water partition coefficient (Wildman–Crippen LogP) is 3.07. The first-order chi connectivity index (χ1) is 12.2. The van der Waals surface area contributed by atoms with E-state index in [9.17, 15) is 4.79 Å². The molecule has 134 valence electrons. The van der Waals surface area contributed by atoms with Crippen molar-refractivity contribution in [1.29, 1.82) is 0 Å². The van der Waals surface area contributed by atoms with E-state index in [2.05, 4.69) is 27.3 Å². The van der Waals surface area contributed by atoms with Crippen LogP contribution >= 0.6 is 11.3 Å². The van der Waals surface area contributed by atoms with E-state index in [4.69, 9.17) is 5.73 Å². The third-order valence-corrected chi connectivity index (χ3v) is 5.26. The van der Waals surface area contributed by atoms with Gasteiger partial charge in [-0.2, -0.15) is 0 Å². The number of anilines is 1. The number of rotatable bonds is 7. The maximum Gasteiger partial charge on any atom is 0.251 e. The minimum Gasteiger partial charge on any atom is -0.375 e. The number of carbonyl (C=O) groups excluding carboxylic acids is 1. The van der Waals surface area contributed by atoms with Crippen LogP contribution in [0.4, 0.5) is 5.13 Å². The number of nitrogens with one attached hydrogen (secondary N) is 1. The molecule has 0 atom stereocenters.